The van der Waals surface area contributed by atoms with E-state index in [4.69, 9.17) is 9.57 Å². The molecule has 2 aromatic carbocycles. The summed E-state index contributed by atoms with van der Waals surface area (Å²) in [6, 6.07) is 12.4. The maximum Gasteiger partial charge on any atom is 0.263 e. The lowest BCUT2D eigenvalue weighted by atomic mass is 10.1. The van der Waals surface area contributed by atoms with Crippen LogP contribution in [0.1, 0.15) is 0 Å². The van der Waals surface area contributed by atoms with Gasteiger partial charge in [0.1, 0.15) is 0 Å². The van der Waals surface area contributed by atoms with Gasteiger partial charge in [0.05, 0.1) is 18.1 Å². The highest BCUT2D eigenvalue weighted by Crippen LogP contribution is 2.22. The van der Waals surface area contributed by atoms with Crippen LogP contribution < -0.4 is 4.89 Å². The molecule has 1 N–H and O–H groups in total. The van der Waals surface area contributed by atoms with Crippen LogP contribution in [-0.2, 0) is 19.6 Å². The summed E-state index contributed by atoms with van der Waals surface area (Å²) in [5.41, 5.74) is 0. The second-order valence-corrected chi connectivity index (χ2v) is 5.52. The molecule has 2 rings (SSSR count). The average molecular weight is 281 g/mol. The van der Waals surface area contributed by atoms with Gasteiger partial charge in [-0.15, -0.1) is 0 Å². The Morgan fingerprint density at radius 3 is 2.58 bits per heavy atom. The van der Waals surface area contributed by atoms with Crippen molar-refractivity contribution in [2.45, 2.75) is 4.90 Å². The van der Waals surface area contributed by atoms with Crippen LogP contribution in [-0.4, -0.2) is 28.7 Å². The molecule has 0 unspecified atom stereocenters. The van der Waals surface area contributed by atoms with Crippen molar-refractivity contribution >= 4 is 20.8 Å². The fraction of sp³-hybridized carbons (Fsp3) is 0.231. The average Bonchev–Trinajstić information content (AvgIpc) is 2.43. The molecule has 102 valence electrons. The number of hydrogen-bond donors (Lipinski definition) is 1. The summed E-state index contributed by atoms with van der Waals surface area (Å²) in [5.74, 6) is 0. The van der Waals surface area contributed by atoms with Crippen molar-refractivity contribution in [1.82, 2.24) is 4.89 Å². The number of sulfonamides is 1. The molecule has 0 heterocycles. The van der Waals surface area contributed by atoms with Crippen molar-refractivity contribution in [3.8, 4) is 0 Å². The lowest BCUT2D eigenvalue weighted by Crippen LogP contribution is -2.25. The second kappa shape index (κ2) is 6.12. The van der Waals surface area contributed by atoms with E-state index in [2.05, 4.69) is 4.89 Å². The zero-order valence-electron chi connectivity index (χ0n) is 10.5. The van der Waals surface area contributed by atoms with Crippen LogP contribution in [0.25, 0.3) is 10.8 Å². The molecule has 0 bridgehead atoms. The molecule has 0 aliphatic rings. The highest BCUT2D eigenvalue weighted by Gasteiger charge is 2.16. The van der Waals surface area contributed by atoms with Gasteiger partial charge < -0.3 is 4.74 Å². The van der Waals surface area contributed by atoms with Gasteiger partial charge in [-0.05, 0) is 11.5 Å². The van der Waals surface area contributed by atoms with Crippen molar-refractivity contribution < 1.29 is 18.0 Å². The molecule has 0 amide bonds. The highest BCUT2D eigenvalue weighted by molar-refractivity contribution is 7.89. The first-order valence-corrected chi connectivity index (χ1v) is 7.24. The predicted octanol–water partition coefficient (Wildman–Crippen LogP) is 1.70. The Balaban J connectivity index is 2.28. The molecule has 0 fully saturated rings. The van der Waals surface area contributed by atoms with Crippen molar-refractivity contribution in [3.63, 3.8) is 0 Å². The van der Waals surface area contributed by atoms with Gasteiger partial charge in [-0.1, -0.05) is 41.3 Å². The summed E-state index contributed by atoms with van der Waals surface area (Å²) < 4.78 is 29.0. The Hall–Kier alpha value is -1.47. The second-order valence-electron chi connectivity index (χ2n) is 3.91. The molecule has 0 spiro atoms. The molecular formula is C13H15NO4S. The largest absolute Gasteiger partial charge is 0.382 e. The SMILES string of the molecule is COCCONS(=O)(=O)c1cccc2ccccc12. The van der Waals surface area contributed by atoms with Crippen LogP contribution >= 0.6 is 0 Å². The van der Waals surface area contributed by atoms with E-state index >= 15 is 0 Å². The van der Waals surface area contributed by atoms with Crippen LogP contribution in [0.5, 0.6) is 0 Å². The standard InChI is InChI=1S/C13H15NO4S/c1-17-9-10-18-14-19(15,16)13-8-4-6-11-5-2-3-7-12(11)13/h2-8,14H,9-10H2,1H3. The molecule has 19 heavy (non-hydrogen) atoms. The molecule has 6 heteroatoms. The van der Waals surface area contributed by atoms with Crippen LogP contribution in [0, 0.1) is 0 Å². The van der Waals surface area contributed by atoms with Crippen molar-refractivity contribution in [3.05, 3.63) is 42.5 Å². The van der Waals surface area contributed by atoms with E-state index in [1.807, 2.05) is 18.2 Å². The number of fused-ring (bicyclic) bond motifs is 1. The van der Waals surface area contributed by atoms with Crippen molar-refractivity contribution in [1.29, 1.82) is 0 Å². The molecule has 0 aromatic heterocycles. The van der Waals surface area contributed by atoms with E-state index in [-0.39, 0.29) is 11.5 Å². The zero-order valence-corrected chi connectivity index (χ0v) is 11.3. The van der Waals surface area contributed by atoms with E-state index in [0.29, 0.717) is 12.0 Å². The van der Waals surface area contributed by atoms with E-state index in [1.165, 1.54) is 7.11 Å². The molecule has 0 aliphatic heterocycles. The number of hydrogen-bond acceptors (Lipinski definition) is 4. The fourth-order valence-corrected chi connectivity index (χ4v) is 2.78. The summed E-state index contributed by atoms with van der Waals surface area (Å²) >= 11 is 0. The lowest BCUT2D eigenvalue weighted by molar-refractivity contribution is 0.0439. The van der Waals surface area contributed by atoms with Gasteiger partial charge in [0.25, 0.3) is 10.0 Å². The van der Waals surface area contributed by atoms with Crippen LogP contribution in [0.2, 0.25) is 0 Å². The Morgan fingerprint density at radius 1 is 1.05 bits per heavy atom. The highest BCUT2D eigenvalue weighted by atomic mass is 32.2. The van der Waals surface area contributed by atoms with Gasteiger partial charge in [0.2, 0.25) is 0 Å². The predicted molar refractivity (Wildman–Crippen MR) is 72.1 cm³/mol. The van der Waals surface area contributed by atoms with E-state index in [0.717, 1.165) is 5.39 Å². The zero-order chi connectivity index (χ0) is 13.7. The van der Waals surface area contributed by atoms with Gasteiger partial charge in [-0.25, -0.2) is 8.42 Å². The summed E-state index contributed by atoms with van der Waals surface area (Å²) in [6.45, 7) is 0.471. The first-order chi connectivity index (χ1) is 9.15. The van der Waals surface area contributed by atoms with Crippen LogP contribution in [0.4, 0.5) is 0 Å². The summed E-state index contributed by atoms with van der Waals surface area (Å²) in [7, 11) is -2.18. The minimum Gasteiger partial charge on any atom is -0.382 e. The lowest BCUT2D eigenvalue weighted by Gasteiger charge is -2.09. The monoisotopic (exact) mass is 281 g/mol. The fourth-order valence-electron chi connectivity index (χ4n) is 1.72. The van der Waals surface area contributed by atoms with Gasteiger partial charge >= 0.3 is 0 Å². The van der Waals surface area contributed by atoms with Gasteiger partial charge in [-0.2, -0.15) is 0 Å². The molecule has 0 aliphatic carbocycles. The van der Waals surface area contributed by atoms with Gasteiger partial charge in [-0.3, -0.25) is 4.84 Å². The molecule has 0 atom stereocenters. The summed E-state index contributed by atoms with van der Waals surface area (Å²) in [4.78, 5) is 7.17. The van der Waals surface area contributed by atoms with Crippen molar-refractivity contribution in [2.24, 2.45) is 0 Å². The van der Waals surface area contributed by atoms with Gasteiger partial charge in [0, 0.05) is 12.5 Å². The molecule has 0 radical (unpaired) electrons. The third-order valence-corrected chi connectivity index (χ3v) is 3.87. The number of nitrogens with one attached hydrogen (secondary N) is 1. The minimum absolute atomic E-state index is 0.153. The molecule has 0 saturated carbocycles. The molecular weight excluding hydrogens is 266 g/mol. The van der Waals surface area contributed by atoms with Crippen LogP contribution in [0.3, 0.4) is 0 Å². The minimum atomic E-state index is -3.70. The first-order valence-electron chi connectivity index (χ1n) is 5.75. The number of methoxy groups -OCH3 is 1. The summed E-state index contributed by atoms with van der Waals surface area (Å²) in [5, 5.41) is 1.52. The topological polar surface area (TPSA) is 64.6 Å². The van der Waals surface area contributed by atoms with E-state index in [1.54, 1.807) is 24.3 Å². The van der Waals surface area contributed by atoms with Crippen molar-refractivity contribution in [2.75, 3.05) is 20.3 Å². The Bertz CT molecular complexity index is 649. The quantitative estimate of drug-likeness (QED) is 0.646. The summed E-state index contributed by atoms with van der Waals surface area (Å²) in [6.07, 6.45) is 0. The Labute approximate surface area is 112 Å². The van der Waals surface area contributed by atoms with E-state index in [9.17, 15) is 8.42 Å². The third-order valence-electron chi connectivity index (χ3n) is 2.60. The number of benzene rings is 2. The maximum atomic E-state index is 12.1. The third kappa shape index (κ3) is 3.30. The number of rotatable bonds is 6. The van der Waals surface area contributed by atoms with Gasteiger partial charge in [0.15, 0.2) is 0 Å². The smallest absolute Gasteiger partial charge is 0.263 e. The maximum absolute atomic E-state index is 12.1. The molecule has 5 nitrogen and oxygen atoms in total. The first kappa shape index (κ1) is 14.0. The molecule has 0 saturated heterocycles. The normalized spacial score (nSPS) is 11.8. The van der Waals surface area contributed by atoms with Crippen LogP contribution in [0.15, 0.2) is 47.4 Å². The Kier molecular flexibility index (Phi) is 4.49. The van der Waals surface area contributed by atoms with E-state index < -0.39 is 10.0 Å². The molecule has 2 aromatic rings. The Morgan fingerprint density at radius 2 is 1.79 bits per heavy atom. The number of ether oxygens (including phenoxy) is 1.